The zero-order valence-electron chi connectivity index (χ0n) is 9.71. The fourth-order valence-electron chi connectivity index (χ4n) is 1.78. The Morgan fingerprint density at radius 1 is 1.17 bits per heavy atom. The summed E-state index contributed by atoms with van der Waals surface area (Å²) < 4.78 is 45.0. The molecule has 1 heterocycles. The number of nitrogens with one attached hydrogen (secondary N) is 1. The second kappa shape index (κ2) is 5.27. The van der Waals surface area contributed by atoms with Gasteiger partial charge in [-0.05, 0) is 24.7 Å². The standard InChI is InChI=1S/C13H12F3NO/c1-2-17-13(12-4-3-5-18-12)8-6-10(15)11(16)7-9(8)14/h3-7,13,17H,2H2,1H3. The van der Waals surface area contributed by atoms with Crippen LogP contribution < -0.4 is 5.32 Å². The average molecular weight is 255 g/mol. The van der Waals surface area contributed by atoms with Crippen LogP contribution in [0.15, 0.2) is 34.9 Å². The summed E-state index contributed by atoms with van der Waals surface area (Å²) in [5.41, 5.74) is 0.0192. The zero-order chi connectivity index (χ0) is 13.1. The molecule has 0 saturated carbocycles. The molecule has 0 aliphatic rings. The molecule has 0 aliphatic carbocycles. The molecule has 18 heavy (non-hydrogen) atoms. The molecule has 0 aliphatic heterocycles. The van der Waals surface area contributed by atoms with Gasteiger partial charge in [0.1, 0.15) is 11.6 Å². The number of hydrogen-bond acceptors (Lipinski definition) is 2. The van der Waals surface area contributed by atoms with Crippen molar-refractivity contribution in [3.8, 4) is 0 Å². The number of rotatable bonds is 4. The van der Waals surface area contributed by atoms with Gasteiger partial charge in [-0.25, -0.2) is 13.2 Å². The minimum absolute atomic E-state index is 0.0192. The molecule has 1 aromatic heterocycles. The van der Waals surface area contributed by atoms with Crippen molar-refractivity contribution in [2.24, 2.45) is 0 Å². The monoisotopic (exact) mass is 255 g/mol. The number of halogens is 3. The van der Waals surface area contributed by atoms with Gasteiger partial charge in [0, 0.05) is 11.6 Å². The fourth-order valence-corrected chi connectivity index (χ4v) is 1.78. The van der Waals surface area contributed by atoms with Crippen molar-refractivity contribution in [3.63, 3.8) is 0 Å². The van der Waals surface area contributed by atoms with E-state index >= 15 is 0 Å². The fraction of sp³-hybridized carbons (Fsp3) is 0.231. The summed E-state index contributed by atoms with van der Waals surface area (Å²) in [7, 11) is 0. The second-order valence-corrected chi connectivity index (χ2v) is 3.79. The Morgan fingerprint density at radius 2 is 1.89 bits per heavy atom. The third kappa shape index (κ3) is 2.41. The molecule has 0 fully saturated rings. The molecule has 0 saturated heterocycles. The van der Waals surface area contributed by atoms with Crippen LogP contribution in [-0.4, -0.2) is 6.54 Å². The maximum absolute atomic E-state index is 13.7. The van der Waals surface area contributed by atoms with Gasteiger partial charge >= 0.3 is 0 Å². The van der Waals surface area contributed by atoms with E-state index in [-0.39, 0.29) is 5.56 Å². The molecule has 0 bridgehead atoms. The predicted octanol–water partition coefficient (Wildman–Crippen LogP) is 3.40. The number of hydrogen-bond donors (Lipinski definition) is 1. The second-order valence-electron chi connectivity index (χ2n) is 3.79. The lowest BCUT2D eigenvalue weighted by Crippen LogP contribution is -2.23. The quantitative estimate of drug-likeness (QED) is 0.847. The smallest absolute Gasteiger partial charge is 0.161 e. The van der Waals surface area contributed by atoms with Crippen molar-refractivity contribution >= 4 is 0 Å². The first-order chi connectivity index (χ1) is 8.63. The minimum atomic E-state index is -1.20. The Balaban J connectivity index is 2.46. The zero-order valence-corrected chi connectivity index (χ0v) is 9.71. The molecular weight excluding hydrogens is 243 g/mol. The van der Waals surface area contributed by atoms with E-state index in [0.717, 1.165) is 6.07 Å². The minimum Gasteiger partial charge on any atom is -0.467 e. The lowest BCUT2D eigenvalue weighted by Gasteiger charge is -2.17. The van der Waals surface area contributed by atoms with Crippen molar-refractivity contribution in [2.75, 3.05) is 6.54 Å². The van der Waals surface area contributed by atoms with E-state index in [1.165, 1.54) is 6.26 Å². The van der Waals surface area contributed by atoms with Gasteiger partial charge in [-0.3, -0.25) is 0 Å². The van der Waals surface area contributed by atoms with Crippen LogP contribution in [0.3, 0.4) is 0 Å². The van der Waals surface area contributed by atoms with Gasteiger partial charge in [-0.2, -0.15) is 0 Å². The maximum Gasteiger partial charge on any atom is 0.161 e. The molecule has 1 atom stereocenters. The van der Waals surface area contributed by atoms with Crippen LogP contribution in [0, 0.1) is 17.5 Å². The Hall–Kier alpha value is -1.75. The Bertz CT molecular complexity index is 525. The van der Waals surface area contributed by atoms with Crippen molar-refractivity contribution in [2.45, 2.75) is 13.0 Å². The third-order valence-electron chi connectivity index (χ3n) is 2.59. The normalized spacial score (nSPS) is 12.7. The van der Waals surface area contributed by atoms with Crippen LogP contribution in [0.2, 0.25) is 0 Å². The van der Waals surface area contributed by atoms with Gasteiger partial charge in [0.15, 0.2) is 11.6 Å². The Kier molecular flexibility index (Phi) is 3.72. The predicted molar refractivity (Wildman–Crippen MR) is 60.5 cm³/mol. The SMILES string of the molecule is CCNC(c1ccco1)c1cc(F)c(F)cc1F. The van der Waals surface area contributed by atoms with Gasteiger partial charge in [0.05, 0.1) is 12.3 Å². The first-order valence-corrected chi connectivity index (χ1v) is 5.54. The number of benzene rings is 1. The van der Waals surface area contributed by atoms with Crippen molar-refractivity contribution in [1.29, 1.82) is 0 Å². The molecule has 2 nitrogen and oxygen atoms in total. The first-order valence-electron chi connectivity index (χ1n) is 5.54. The first kappa shape index (κ1) is 12.7. The summed E-state index contributed by atoms with van der Waals surface area (Å²) in [4.78, 5) is 0. The summed E-state index contributed by atoms with van der Waals surface area (Å²) in [6.45, 7) is 2.36. The van der Waals surface area contributed by atoms with Crippen LogP contribution in [0.4, 0.5) is 13.2 Å². The topological polar surface area (TPSA) is 25.2 Å². The van der Waals surface area contributed by atoms with Crippen LogP contribution in [0.5, 0.6) is 0 Å². The molecule has 1 aromatic carbocycles. The molecule has 0 amide bonds. The molecule has 0 radical (unpaired) electrons. The van der Waals surface area contributed by atoms with Gasteiger partial charge < -0.3 is 9.73 Å². The Labute approximate surface area is 102 Å². The van der Waals surface area contributed by atoms with Crippen LogP contribution in [0.1, 0.15) is 24.3 Å². The lowest BCUT2D eigenvalue weighted by molar-refractivity contribution is 0.433. The summed E-state index contributed by atoms with van der Waals surface area (Å²) in [6.07, 6.45) is 1.44. The van der Waals surface area contributed by atoms with Gasteiger partial charge in [-0.15, -0.1) is 0 Å². The molecule has 2 aromatic rings. The largest absolute Gasteiger partial charge is 0.467 e. The molecule has 1 unspecified atom stereocenters. The van der Waals surface area contributed by atoms with E-state index in [9.17, 15) is 13.2 Å². The average Bonchev–Trinajstić information content (AvgIpc) is 2.85. The summed E-state index contributed by atoms with van der Waals surface area (Å²) in [5.74, 6) is -2.65. The highest BCUT2D eigenvalue weighted by Gasteiger charge is 2.21. The molecule has 1 N–H and O–H groups in total. The highest BCUT2D eigenvalue weighted by molar-refractivity contribution is 5.29. The van der Waals surface area contributed by atoms with Crippen LogP contribution in [0.25, 0.3) is 0 Å². The number of furan rings is 1. The van der Waals surface area contributed by atoms with E-state index in [4.69, 9.17) is 4.42 Å². The third-order valence-corrected chi connectivity index (χ3v) is 2.59. The van der Waals surface area contributed by atoms with Gasteiger partial charge in [-0.1, -0.05) is 6.92 Å². The Morgan fingerprint density at radius 3 is 2.50 bits per heavy atom. The van der Waals surface area contributed by atoms with Crippen molar-refractivity contribution in [3.05, 3.63) is 59.3 Å². The van der Waals surface area contributed by atoms with Crippen LogP contribution in [-0.2, 0) is 0 Å². The molecule has 5 heteroatoms. The highest BCUT2D eigenvalue weighted by atomic mass is 19.2. The van der Waals surface area contributed by atoms with Crippen LogP contribution >= 0.6 is 0 Å². The highest BCUT2D eigenvalue weighted by Crippen LogP contribution is 2.26. The molecular formula is C13H12F3NO. The van der Waals surface area contributed by atoms with Gasteiger partial charge in [0.25, 0.3) is 0 Å². The van der Waals surface area contributed by atoms with E-state index in [2.05, 4.69) is 5.32 Å². The van der Waals surface area contributed by atoms with E-state index in [1.807, 2.05) is 6.92 Å². The summed E-state index contributed by atoms with van der Waals surface area (Å²) in [5, 5.41) is 2.97. The van der Waals surface area contributed by atoms with Crippen molar-refractivity contribution in [1.82, 2.24) is 5.32 Å². The summed E-state index contributed by atoms with van der Waals surface area (Å²) in [6, 6.07) is 4.05. The molecule has 96 valence electrons. The lowest BCUT2D eigenvalue weighted by atomic mass is 10.0. The van der Waals surface area contributed by atoms with E-state index in [0.29, 0.717) is 18.4 Å². The molecule has 2 rings (SSSR count). The molecule has 0 spiro atoms. The van der Waals surface area contributed by atoms with E-state index in [1.54, 1.807) is 12.1 Å². The van der Waals surface area contributed by atoms with Crippen molar-refractivity contribution < 1.29 is 17.6 Å². The maximum atomic E-state index is 13.7. The van der Waals surface area contributed by atoms with E-state index < -0.39 is 23.5 Å². The van der Waals surface area contributed by atoms with Gasteiger partial charge in [0.2, 0.25) is 0 Å². The summed E-state index contributed by atoms with van der Waals surface area (Å²) >= 11 is 0.